The molecule has 0 spiro atoms. The highest BCUT2D eigenvalue weighted by atomic mass is 35.5. The van der Waals surface area contributed by atoms with Crippen LogP contribution >= 0.6 is 11.6 Å². The van der Waals surface area contributed by atoms with Gasteiger partial charge in [-0.15, -0.1) is 0 Å². The third kappa shape index (κ3) is 2.97. The third-order valence-corrected chi connectivity index (χ3v) is 3.17. The lowest BCUT2D eigenvalue weighted by Crippen LogP contribution is -2.31. The normalized spacial score (nSPS) is 15.1. The lowest BCUT2D eigenvalue weighted by Gasteiger charge is -2.22. The molecule has 1 atom stereocenters. The molecule has 0 radical (unpaired) electrons. The Morgan fingerprint density at radius 3 is 2.62 bits per heavy atom. The molecule has 0 saturated heterocycles. The minimum Gasteiger partial charge on any atom is -0.390 e. The maximum atomic E-state index is 10.1. The van der Waals surface area contributed by atoms with Gasteiger partial charge in [0, 0.05) is 13.5 Å². The molecule has 1 heterocycles. The van der Waals surface area contributed by atoms with Gasteiger partial charge in [0.1, 0.15) is 0 Å². The smallest absolute Gasteiger partial charge is 0.0850 e. The first-order chi connectivity index (χ1) is 7.41. The Morgan fingerprint density at radius 1 is 1.56 bits per heavy atom. The van der Waals surface area contributed by atoms with E-state index >= 15 is 0 Å². The second kappa shape index (κ2) is 5.17. The minimum atomic E-state index is -0.822. The summed E-state index contributed by atoms with van der Waals surface area (Å²) in [5, 5.41) is 15.1. The molecule has 0 aliphatic rings. The average molecular weight is 246 g/mol. The van der Waals surface area contributed by atoms with E-state index in [0.717, 1.165) is 17.8 Å². The van der Waals surface area contributed by atoms with E-state index in [-0.39, 0.29) is 0 Å². The van der Waals surface area contributed by atoms with Crippen LogP contribution in [0.15, 0.2) is 0 Å². The molecular weight excluding hydrogens is 226 g/mol. The van der Waals surface area contributed by atoms with Crippen LogP contribution in [0, 0.1) is 0 Å². The summed E-state index contributed by atoms with van der Waals surface area (Å²) in [6.07, 6.45) is 1.83. The summed E-state index contributed by atoms with van der Waals surface area (Å²) >= 11 is 6.21. The molecule has 92 valence electrons. The van der Waals surface area contributed by atoms with Crippen LogP contribution in [0.4, 0.5) is 0 Å². The lowest BCUT2D eigenvalue weighted by molar-refractivity contribution is 0.0520. The quantitative estimate of drug-likeness (QED) is 0.822. The second-order valence-corrected chi connectivity index (χ2v) is 4.77. The molecule has 0 amide bonds. The van der Waals surface area contributed by atoms with Gasteiger partial charge in [0.2, 0.25) is 0 Å². The Hall–Kier alpha value is -0.580. The average Bonchev–Trinajstić information content (AvgIpc) is 2.45. The number of hydrogen-bond donors (Lipinski definition) is 2. The van der Waals surface area contributed by atoms with E-state index in [1.54, 1.807) is 11.6 Å². The number of halogens is 1. The molecule has 1 aromatic heterocycles. The molecule has 4 nitrogen and oxygen atoms in total. The molecule has 0 aliphatic heterocycles. The second-order valence-electron chi connectivity index (χ2n) is 4.40. The number of aliphatic hydroxyl groups is 1. The molecule has 0 aliphatic carbocycles. The fourth-order valence-electron chi connectivity index (χ4n) is 1.77. The first kappa shape index (κ1) is 13.5. The van der Waals surface area contributed by atoms with Crippen molar-refractivity contribution in [3.8, 4) is 0 Å². The Balaban J connectivity index is 2.92. The van der Waals surface area contributed by atoms with Crippen LogP contribution in [0.3, 0.4) is 0 Å². The van der Waals surface area contributed by atoms with E-state index in [1.807, 2.05) is 14.0 Å². The summed E-state index contributed by atoms with van der Waals surface area (Å²) in [4.78, 5) is 0. The highest BCUT2D eigenvalue weighted by Crippen LogP contribution is 2.25. The summed E-state index contributed by atoms with van der Waals surface area (Å²) in [6, 6.07) is 0. The van der Waals surface area contributed by atoms with Crippen LogP contribution in [0.25, 0.3) is 0 Å². The molecule has 16 heavy (non-hydrogen) atoms. The van der Waals surface area contributed by atoms with Crippen LogP contribution in [0.1, 0.15) is 31.7 Å². The molecule has 5 heteroatoms. The fraction of sp³-hybridized carbons (Fsp3) is 0.727. The van der Waals surface area contributed by atoms with Crippen molar-refractivity contribution < 1.29 is 5.11 Å². The molecule has 0 saturated carbocycles. The molecule has 0 bridgehead atoms. The zero-order chi connectivity index (χ0) is 12.3. The van der Waals surface area contributed by atoms with Gasteiger partial charge in [-0.1, -0.05) is 18.5 Å². The zero-order valence-corrected chi connectivity index (χ0v) is 10.9. The summed E-state index contributed by atoms with van der Waals surface area (Å²) in [6.45, 7) is 4.24. The molecule has 0 aromatic carbocycles. The van der Waals surface area contributed by atoms with Crippen molar-refractivity contribution in [3.63, 3.8) is 0 Å². The number of nitrogens with two attached hydrogens (primary N) is 1. The van der Waals surface area contributed by atoms with Gasteiger partial charge >= 0.3 is 0 Å². The Kier molecular flexibility index (Phi) is 4.35. The van der Waals surface area contributed by atoms with Gasteiger partial charge in [-0.05, 0) is 26.3 Å². The van der Waals surface area contributed by atoms with E-state index in [4.69, 9.17) is 17.3 Å². The predicted molar refractivity (Wildman–Crippen MR) is 65.6 cm³/mol. The number of nitrogens with zero attached hydrogens (tertiary/aromatic N) is 2. The predicted octanol–water partition coefficient (Wildman–Crippen LogP) is 1.28. The molecule has 1 rings (SSSR count). The largest absolute Gasteiger partial charge is 0.390 e. The summed E-state index contributed by atoms with van der Waals surface area (Å²) in [7, 11) is 1.85. The van der Waals surface area contributed by atoms with E-state index in [0.29, 0.717) is 24.4 Å². The van der Waals surface area contributed by atoms with Gasteiger partial charge in [0.05, 0.1) is 22.0 Å². The van der Waals surface area contributed by atoms with Crippen molar-refractivity contribution in [2.45, 2.75) is 38.7 Å². The van der Waals surface area contributed by atoms with E-state index in [2.05, 4.69) is 5.10 Å². The summed E-state index contributed by atoms with van der Waals surface area (Å²) < 4.78 is 1.74. The number of hydrogen-bond acceptors (Lipinski definition) is 3. The molecule has 0 fully saturated rings. The van der Waals surface area contributed by atoms with Gasteiger partial charge in [-0.25, -0.2) is 0 Å². The van der Waals surface area contributed by atoms with Gasteiger partial charge in [0.15, 0.2) is 0 Å². The summed E-state index contributed by atoms with van der Waals surface area (Å²) in [5.41, 5.74) is 6.39. The van der Waals surface area contributed by atoms with Crippen LogP contribution in [-0.2, 0) is 19.9 Å². The standard InChI is InChI=1S/C11H20ClN3O/c1-4-8-10(12)9(15(3)14-8)7-11(2,16)5-6-13/h16H,4-7,13H2,1-3H3. The number of rotatable bonds is 5. The lowest BCUT2D eigenvalue weighted by atomic mass is 9.96. The maximum absolute atomic E-state index is 10.1. The Labute approximate surface area is 101 Å². The minimum absolute atomic E-state index is 0.461. The van der Waals surface area contributed by atoms with Crippen molar-refractivity contribution in [3.05, 3.63) is 16.4 Å². The van der Waals surface area contributed by atoms with Crippen LogP contribution in [0.2, 0.25) is 5.02 Å². The number of aromatic nitrogens is 2. The number of aryl methyl sites for hydroxylation is 2. The van der Waals surface area contributed by atoms with E-state index < -0.39 is 5.60 Å². The van der Waals surface area contributed by atoms with E-state index in [1.165, 1.54) is 0 Å². The van der Waals surface area contributed by atoms with Gasteiger partial charge in [0.25, 0.3) is 0 Å². The fourth-order valence-corrected chi connectivity index (χ4v) is 2.13. The van der Waals surface area contributed by atoms with Crippen molar-refractivity contribution in [2.24, 2.45) is 12.8 Å². The summed E-state index contributed by atoms with van der Waals surface area (Å²) in [5.74, 6) is 0. The van der Waals surface area contributed by atoms with Crippen molar-refractivity contribution >= 4 is 11.6 Å². The van der Waals surface area contributed by atoms with Crippen LogP contribution < -0.4 is 5.73 Å². The van der Waals surface area contributed by atoms with Crippen molar-refractivity contribution in [1.82, 2.24) is 9.78 Å². The first-order valence-corrected chi connectivity index (χ1v) is 5.91. The topological polar surface area (TPSA) is 64.1 Å². The van der Waals surface area contributed by atoms with Gasteiger partial charge in [-0.2, -0.15) is 5.10 Å². The zero-order valence-electron chi connectivity index (χ0n) is 10.1. The van der Waals surface area contributed by atoms with E-state index in [9.17, 15) is 5.11 Å². The van der Waals surface area contributed by atoms with Crippen LogP contribution in [0.5, 0.6) is 0 Å². The Bertz CT molecular complexity index is 360. The first-order valence-electron chi connectivity index (χ1n) is 5.54. The molecule has 3 N–H and O–H groups in total. The van der Waals surface area contributed by atoms with Crippen LogP contribution in [-0.4, -0.2) is 27.0 Å². The Morgan fingerprint density at radius 2 is 2.19 bits per heavy atom. The third-order valence-electron chi connectivity index (χ3n) is 2.73. The SMILES string of the molecule is CCc1nn(C)c(CC(C)(O)CCN)c1Cl. The van der Waals surface area contributed by atoms with Gasteiger partial charge < -0.3 is 10.8 Å². The highest BCUT2D eigenvalue weighted by molar-refractivity contribution is 6.31. The molecule has 1 unspecified atom stereocenters. The maximum Gasteiger partial charge on any atom is 0.0850 e. The highest BCUT2D eigenvalue weighted by Gasteiger charge is 2.24. The van der Waals surface area contributed by atoms with Crippen molar-refractivity contribution in [2.75, 3.05) is 6.54 Å². The molecular formula is C11H20ClN3O. The van der Waals surface area contributed by atoms with Crippen molar-refractivity contribution in [1.29, 1.82) is 0 Å². The van der Waals surface area contributed by atoms with Gasteiger partial charge in [-0.3, -0.25) is 4.68 Å². The monoisotopic (exact) mass is 245 g/mol. The molecule has 1 aromatic rings.